The molecule has 1 heterocycles. The molecule has 1 aromatic carbocycles. The number of aliphatic hydroxyl groups excluding tert-OH is 3. The number of nitro benzene ring substituents is 1. The average Bonchev–Trinajstić information content (AvgIpc) is 2.80. The lowest BCUT2D eigenvalue weighted by Gasteiger charge is -2.38. The van der Waals surface area contributed by atoms with Gasteiger partial charge in [-0.2, -0.15) is 0 Å². The molecule has 0 unspecified atom stereocenters. The number of ketones is 1. The Bertz CT molecular complexity index is 982. The number of amides is 1. The Morgan fingerprint density at radius 1 is 1.06 bits per heavy atom. The Labute approximate surface area is 195 Å². The maximum Gasteiger partial charge on any atom is 0.407 e. The minimum absolute atomic E-state index is 0.111. The highest BCUT2D eigenvalue weighted by atomic mass is 16.7. The van der Waals surface area contributed by atoms with E-state index in [4.69, 9.17) is 24.4 Å². The van der Waals surface area contributed by atoms with Crippen LogP contribution in [0.15, 0.2) is 18.2 Å². The molecule has 1 amide bonds. The number of nitrogens with zero attached hydrogens (tertiary/aromatic N) is 1. The van der Waals surface area contributed by atoms with Gasteiger partial charge >= 0.3 is 23.7 Å². The second-order valence-corrected chi connectivity index (χ2v) is 7.27. The molecule has 0 radical (unpaired) electrons. The summed E-state index contributed by atoms with van der Waals surface area (Å²) in [5, 5.41) is 60.7. The van der Waals surface area contributed by atoms with E-state index in [-0.39, 0.29) is 12.0 Å². The molecular weight excluding hydrogens is 480 g/mol. The summed E-state index contributed by atoms with van der Waals surface area (Å²) in [5.74, 6) is -3.86. The largest absolute Gasteiger partial charge is 0.481 e. The summed E-state index contributed by atoms with van der Waals surface area (Å²) in [6.07, 6.45) is -11.5. The van der Waals surface area contributed by atoms with E-state index in [0.717, 1.165) is 12.1 Å². The molecule has 6 N–H and O–H groups in total. The van der Waals surface area contributed by atoms with Gasteiger partial charge in [-0.1, -0.05) is 6.07 Å². The number of aliphatic hydroxyl groups is 3. The number of carboxylic acids is 2. The Morgan fingerprint density at radius 2 is 1.74 bits per heavy atom. The smallest absolute Gasteiger partial charge is 0.407 e. The van der Waals surface area contributed by atoms with E-state index in [1.807, 2.05) is 0 Å². The van der Waals surface area contributed by atoms with Crippen LogP contribution in [0.2, 0.25) is 0 Å². The van der Waals surface area contributed by atoms with E-state index in [0.29, 0.717) is 0 Å². The summed E-state index contributed by atoms with van der Waals surface area (Å²) in [5.41, 5.74) is -0.570. The average molecular weight is 502 g/mol. The van der Waals surface area contributed by atoms with Crippen LogP contribution in [-0.2, 0) is 30.5 Å². The lowest BCUT2D eigenvalue weighted by molar-refractivity contribution is -0.387. The van der Waals surface area contributed by atoms with Crippen molar-refractivity contribution in [3.05, 3.63) is 33.9 Å². The fraction of sp³-hybridized carbons (Fsp3) is 0.474. The van der Waals surface area contributed by atoms with Crippen LogP contribution in [-0.4, -0.2) is 91.5 Å². The highest BCUT2D eigenvalue weighted by Gasteiger charge is 2.48. The highest BCUT2D eigenvalue weighted by Crippen LogP contribution is 2.32. The van der Waals surface area contributed by atoms with Gasteiger partial charge in [0.15, 0.2) is 17.6 Å². The Balaban J connectivity index is 2.02. The number of rotatable bonds is 11. The van der Waals surface area contributed by atoms with Crippen molar-refractivity contribution < 1.29 is 63.8 Å². The predicted molar refractivity (Wildman–Crippen MR) is 108 cm³/mol. The molecule has 2 rings (SSSR count). The molecule has 35 heavy (non-hydrogen) atoms. The molecule has 1 saturated heterocycles. The second kappa shape index (κ2) is 12.0. The molecule has 16 heteroatoms. The fourth-order valence-corrected chi connectivity index (χ4v) is 2.87. The SMILES string of the molecule is O=C(O)CCC(=O)CNC(=O)OCc1ccc(O[C@@H]2O[C@H](C(=O)O)[C@@H](O)[C@H](O)[C@H]2O)c([N+](=O)[O-])c1. The zero-order valence-electron chi connectivity index (χ0n) is 17.8. The number of Topliss-reactive ketones (excluding diaryl/α,β-unsaturated/α-hetero) is 1. The number of nitrogens with one attached hydrogen (secondary N) is 1. The normalized spacial score (nSPS) is 23.7. The van der Waals surface area contributed by atoms with Gasteiger partial charge < -0.3 is 45.1 Å². The van der Waals surface area contributed by atoms with Gasteiger partial charge in [0.1, 0.15) is 24.9 Å². The first-order valence-corrected chi connectivity index (χ1v) is 9.91. The number of nitro groups is 1. The summed E-state index contributed by atoms with van der Waals surface area (Å²) < 4.78 is 15.0. The van der Waals surface area contributed by atoms with Crippen molar-refractivity contribution in [3.63, 3.8) is 0 Å². The number of benzene rings is 1. The van der Waals surface area contributed by atoms with Crippen LogP contribution in [0, 0.1) is 10.1 Å². The first-order valence-electron chi connectivity index (χ1n) is 9.91. The molecule has 1 fully saturated rings. The van der Waals surface area contributed by atoms with Gasteiger partial charge in [0.05, 0.1) is 17.9 Å². The Kier molecular flexibility index (Phi) is 9.41. The third-order valence-corrected chi connectivity index (χ3v) is 4.69. The van der Waals surface area contributed by atoms with E-state index in [2.05, 4.69) is 5.32 Å². The molecule has 192 valence electrons. The van der Waals surface area contributed by atoms with Crippen LogP contribution >= 0.6 is 0 Å². The molecule has 0 saturated carbocycles. The number of hydrogen-bond donors (Lipinski definition) is 6. The minimum Gasteiger partial charge on any atom is -0.481 e. The second-order valence-electron chi connectivity index (χ2n) is 7.27. The molecule has 1 aromatic rings. The van der Waals surface area contributed by atoms with Crippen molar-refractivity contribution in [2.24, 2.45) is 0 Å². The number of carbonyl (C=O) groups is 4. The van der Waals surface area contributed by atoms with Gasteiger partial charge in [-0.15, -0.1) is 0 Å². The van der Waals surface area contributed by atoms with E-state index in [1.54, 1.807) is 0 Å². The topological polar surface area (TPSA) is 252 Å². The molecule has 5 atom stereocenters. The highest BCUT2D eigenvalue weighted by molar-refractivity contribution is 5.86. The number of alkyl carbamates (subject to hydrolysis) is 1. The van der Waals surface area contributed by atoms with Crippen molar-refractivity contribution in [2.75, 3.05) is 6.54 Å². The van der Waals surface area contributed by atoms with E-state index >= 15 is 0 Å². The van der Waals surface area contributed by atoms with Gasteiger partial charge in [0, 0.05) is 12.5 Å². The van der Waals surface area contributed by atoms with Gasteiger partial charge in [0.25, 0.3) is 0 Å². The lowest BCUT2D eigenvalue weighted by Crippen LogP contribution is -2.61. The minimum atomic E-state index is -1.98. The summed E-state index contributed by atoms with van der Waals surface area (Å²) in [6, 6.07) is 3.24. The van der Waals surface area contributed by atoms with Crippen LogP contribution in [0.5, 0.6) is 5.75 Å². The van der Waals surface area contributed by atoms with Crippen molar-refractivity contribution >= 4 is 29.5 Å². The van der Waals surface area contributed by atoms with E-state index < -0.39 is 90.5 Å². The van der Waals surface area contributed by atoms with Gasteiger partial charge in [-0.25, -0.2) is 9.59 Å². The number of carbonyl (C=O) groups excluding carboxylic acids is 2. The molecule has 1 aliphatic heterocycles. The number of carboxylic acid groups (broad SMARTS) is 2. The number of hydrogen-bond acceptors (Lipinski definition) is 12. The molecule has 0 bridgehead atoms. The van der Waals surface area contributed by atoms with Crippen LogP contribution in [0.4, 0.5) is 10.5 Å². The zero-order chi connectivity index (χ0) is 26.3. The van der Waals surface area contributed by atoms with E-state index in [9.17, 15) is 44.6 Å². The zero-order valence-corrected chi connectivity index (χ0v) is 17.8. The lowest BCUT2D eigenvalue weighted by atomic mass is 9.99. The van der Waals surface area contributed by atoms with Crippen LogP contribution < -0.4 is 10.1 Å². The molecule has 0 spiro atoms. The van der Waals surface area contributed by atoms with Crippen molar-refractivity contribution in [1.29, 1.82) is 0 Å². The quantitative estimate of drug-likeness (QED) is 0.149. The first-order chi connectivity index (χ1) is 16.4. The maximum absolute atomic E-state index is 11.7. The summed E-state index contributed by atoms with van der Waals surface area (Å²) in [6.45, 7) is -0.939. The summed E-state index contributed by atoms with van der Waals surface area (Å²) in [7, 11) is 0. The summed E-state index contributed by atoms with van der Waals surface area (Å²) in [4.78, 5) is 55.3. The molecule has 0 aliphatic carbocycles. The van der Waals surface area contributed by atoms with E-state index in [1.165, 1.54) is 6.07 Å². The number of ether oxygens (including phenoxy) is 3. The maximum atomic E-state index is 11.7. The standard InChI is InChI=1S/C19H22N2O14/c22-9(2-4-12(23)24)6-20-19(30)33-7-8-1-3-11(10(5-8)21(31)32)34-18-15(27)13(25)14(26)16(35-18)17(28)29/h1,3,5,13-16,18,25-27H,2,4,6-7H2,(H,20,30)(H,23,24)(H,28,29)/t13-,14-,15+,16-,18+/m0/s1. The first kappa shape index (κ1) is 27.4. The monoisotopic (exact) mass is 502 g/mol. The van der Waals surface area contributed by atoms with Crippen LogP contribution in [0.1, 0.15) is 18.4 Å². The molecular formula is C19H22N2O14. The Hall–Kier alpha value is -3.86. The van der Waals surface area contributed by atoms with Crippen molar-refractivity contribution in [1.82, 2.24) is 5.32 Å². The summed E-state index contributed by atoms with van der Waals surface area (Å²) >= 11 is 0. The van der Waals surface area contributed by atoms with Crippen LogP contribution in [0.3, 0.4) is 0 Å². The van der Waals surface area contributed by atoms with Gasteiger partial charge in [-0.3, -0.25) is 19.7 Å². The number of aliphatic carboxylic acids is 2. The third kappa shape index (κ3) is 7.57. The molecule has 1 aliphatic rings. The molecule has 0 aromatic heterocycles. The predicted octanol–water partition coefficient (Wildman–Crippen LogP) is -1.47. The molecule has 16 nitrogen and oxygen atoms in total. The van der Waals surface area contributed by atoms with Gasteiger partial charge in [0.2, 0.25) is 6.29 Å². The van der Waals surface area contributed by atoms with Crippen molar-refractivity contribution in [3.8, 4) is 5.75 Å². The fourth-order valence-electron chi connectivity index (χ4n) is 2.87. The van der Waals surface area contributed by atoms with Gasteiger partial charge in [-0.05, 0) is 11.6 Å². The van der Waals surface area contributed by atoms with Crippen LogP contribution in [0.25, 0.3) is 0 Å². The van der Waals surface area contributed by atoms with Crippen molar-refractivity contribution in [2.45, 2.75) is 50.2 Å². The Morgan fingerprint density at radius 3 is 2.34 bits per heavy atom. The third-order valence-electron chi connectivity index (χ3n) is 4.69.